The molecular weight excluding hydrogens is 686 g/mol. The molecule has 4 N–H and O–H groups in total. The van der Waals surface area contributed by atoms with E-state index in [4.69, 9.17) is 25.8 Å². The van der Waals surface area contributed by atoms with Crippen LogP contribution in [0.1, 0.15) is 46.2 Å². The molecule has 1 aromatic heterocycles. The standard InChI is InChI=1S/C39H40ClN5O7/c1-25-28(5-2-6-31(25)32-7-3-8-36(33(32)17-42)50-12-4-10-45-11-9-30(47)21-45)24-52-38-15-37(51-23-27-13-26(16-41)18-43-19-27)29(14-34(38)40)20-44-35(22-46)39(48)49/h2-3,5-8,13-15,18-19,30,35,44,46-47H,4,9-12,20-24H2,1H3,(H,48,49). The van der Waals surface area contributed by atoms with Crippen molar-refractivity contribution >= 4 is 17.6 Å². The van der Waals surface area contributed by atoms with E-state index in [0.717, 1.165) is 48.2 Å². The van der Waals surface area contributed by atoms with Crippen molar-refractivity contribution in [2.75, 3.05) is 32.8 Å². The zero-order valence-corrected chi connectivity index (χ0v) is 29.5. The van der Waals surface area contributed by atoms with Crippen molar-refractivity contribution in [1.29, 1.82) is 10.5 Å². The molecule has 13 heteroatoms. The third-order valence-corrected chi connectivity index (χ3v) is 9.13. The van der Waals surface area contributed by atoms with E-state index in [-0.39, 0.29) is 30.9 Å². The number of nitriles is 2. The Labute approximate surface area is 307 Å². The van der Waals surface area contributed by atoms with Gasteiger partial charge in [-0.2, -0.15) is 10.5 Å². The molecule has 270 valence electrons. The maximum absolute atomic E-state index is 11.5. The SMILES string of the molecule is Cc1c(COc2cc(OCc3cncc(C#N)c3)c(CNC(CO)C(=O)O)cc2Cl)cccc1-c1cccc(OCCCN2CCC(O)C2)c1C#N. The monoisotopic (exact) mass is 725 g/mol. The molecule has 2 atom stereocenters. The van der Waals surface area contributed by atoms with Crippen molar-refractivity contribution in [3.63, 3.8) is 0 Å². The van der Waals surface area contributed by atoms with E-state index in [0.29, 0.717) is 52.7 Å². The molecule has 0 bridgehead atoms. The molecule has 3 aromatic carbocycles. The first-order valence-electron chi connectivity index (χ1n) is 16.8. The second kappa shape index (κ2) is 18.3. The van der Waals surface area contributed by atoms with Gasteiger partial charge in [-0.25, -0.2) is 0 Å². The summed E-state index contributed by atoms with van der Waals surface area (Å²) in [6, 6.07) is 19.4. The maximum Gasteiger partial charge on any atom is 0.323 e. The minimum Gasteiger partial charge on any atom is -0.492 e. The minimum absolute atomic E-state index is 0.0249. The van der Waals surface area contributed by atoms with Gasteiger partial charge in [0.05, 0.1) is 29.9 Å². The van der Waals surface area contributed by atoms with E-state index in [1.54, 1.807) is 30.5 Å². The molecule has 1 aliphatic rings. The third kappa shape index (κ3) is 9.76. The number of carboxylic acids is 1. The zero-order valence-electron chi connectivity index (χ0n) is 28.7. The fraction of sp³-hybridized carbons (Fsp3) is 0.333. The van der Waals surface area contributed by atoms with Crippen molar-refractivity contribution in [2.24, 2.45) is 0 Å². The van der Waals surface area contributed by atoms with Crippen LogP contribution in [0, 0.1) is 29.6 Å². The van der Waals surface area contributed by atoms with Crippen LogP contribution >= 0.6 is 11.6 Å². The predicted octanol–water partition coefficient (Wildman–Crippen LogP) is 4.98. The number of β-amino-alcohol motifs (C(OH)–C–C–N with tert-alkyl or cyclic N) is 1. The Kier molecular flexibility index (Phi) is 13.4. The number of pyridine rings is 1. The van der Waals surface area contributed by atoms with Crippen molar-refractivity contribution in [3.8, 4) is 40.5 Å². The van der Waals surface area contributed by atoms with Crippen LogP contribution in [0.3, 0.4) is 0 Å². The van der Waals surface area contributed by atoms with E-state index >= 15 is 0 Å². The van der Waals surface area contributed by atoms with Crippen LogP contribution in [0.25, 0.3) is 11.1 Å². The van der Waals surface area contributed by atoms with Gasteiger partial charge < -0.3 is 34.4 Å². The number of likely N-dealkylation sites (tertiary alicyclic amines) is 1. The number of halogens is 1. The molecule has 0 radical (unpaired) electrons. The molecule has 0 spiro atoms. The van der Waals surface area contributed by atoms with Crippen LogP contribution in [0.5, 0.6) is 17.2 Å². The summed E-state index contributed by atoms with van der Waals surface area (Å²) < 4.78 is 18.4. The van der Waals surface area contributed by atoms with Gasteiger partial charge in [-0.3, -0.25) is 15.1 Å². The number of hydrogen-bond donors (Lipinski definition) is 4. The zero-order chi connectivity index (χ0) is 37.0. The Morgan fingerprint density at radius 3 is 2.54 bits per heavy atom. The minimum atomic E-state index is -1.20. The van der Waals surface area contributed by atoms with Gasteiger partial charge in [-0.1, -0.05) is 41.9 Å². The number of aliphatic hydroxyl groups excluding tert-OH is 2. The van der Waals surface area contributed by atoms with Crippen LogP contribution in [-0.4, -0.2) is 76.2 Å². The molecule has 5 rings (SSSR count). The van der Waals surface area contributed by atoms with Crippen LogP contribution in [0.4, 0.5) is 0 Å². The van der Waals surface area contributed by atoms with Gasteiger partial charge >= 0.3 is 5.97 Å². The fourth-order valence-corrected chi connectivity index (χ4v) is 6.22. The van der Waals surface area contributed by atoms with Gasteiger partial charge in [0.25, 0.3) is 0 Å². The van der Waals surface area contributed by atoms with Crippen molar-refractivity contribution in [1.82, 2.24) is 15.2 Å². The predicted molar refractivity (Wildman–Crippen MR) is 193 cm³/mol. The number of nitrogens with zero attached hydrogens (tertiary/aromatic N) is 4. The largest absolute Gasteiger partial charge is 0.492 e. The number of hydrogen-bond acceptors (Lipinski definition) is 11. The summed E-state index contributed by atoms with van der Waals surface area (Å²) in [5.74, 6) is -0.0117. The van der Waals surface area contributed by atoms with Gasteiger partial charge in [-0.15, -0.1) is 0 Å². The quantitative estimate of drug-likeness (QED) is 0.107. The van der Waals surface area contributed by atoms with Crippen molar-refractivity contribution in [3.05, 3.63) is 105 Å². The summed E-state index contributed by atoms with van der Waals surface area (Å²) in [4.78, 5) is 17.8. The van der Waals surface area contributed by atoms with Gasteiger partial charge in [-0.05, 0) is 54.7 Å². The molecule has 0 amide bonds. The number of carboxylic acid groups (broad SMARTS) is 1. The number of ether oxygens (including phenoxy) is 3. The molecule has 1 aliphatic heterocycles. The summed E-state index contributed by atoms with van der Waals surface area (Å²) >= 11 is 6.67. The molecule has 0 saturated carbocycles. The van der Waals surface area contributed by atoms with Crippen molar-refractivity contribution < 1.29 is 34.3 Å². The van der Waals surface area contributed by atoms with Crippen LogP contribution < -0.4 is 19.5 Å². The Morgan fingerprint density at radius 2 is 1.81 bits per heavy atom. The number of aliphatic carboxylic acids is 1. The molecule has 12 nitrogen and oxygen atoms in total. The number of benzene rings is 3. The average molecular weight is 726 g/mol. The Hall–Kier alpha value is -5.21. The summed E-state index contributed by atoms with van der Waals surface area (Å²) in [6.45, 7) is 4.40. The van der Waals surface area contributed by atoms with E-state index < -0.39 is 18.6 Å². The highest BCUT2D eigenvalue weighted by molar-refractivity contribution is 6.32. The lowest BCUT2D eigenvalue weighted by Gasteiger charge is -2.19. The Bertz CT molecular complexity index is 1960. The smallest absolute Gasteiger partial charge is 0.323 e. The lowest BCUT2D eigenvalue weighted by atomic mass is 9.93. The van der Waals surface area contributed by atoms with Crippen LogP contribution in [0.2, 0.25) is 5.02 Å². The lowest BCUT2D eigenvalue weighted by molar-refractivity contribution is -0.140. The maximum atomic E-state index is 11.5. The van der Waals surface area contributed by atoms with E-state index in [1.807, 2.05) is 43.3 Å². The third-order valence-electron chi connectivity index (χ3n) is 8.83. The highest BCUT2D eigenvalue weighted by Gasteiger charge is 2.21. The second-order valence-corrected chi connectivity index (χ2v) is 12.8. The number of carbonyl (C=O) groups is 1. The number of aliphatic hydroxyl groups is 2. The van der Waals surface area contributed by atoms with Crippen molar-refractivity contribution in [2.45, 2.75) is 51.7 Å². The molecule has 1 fully saturated rings. The second-order valence-electron chi connectivity index (χ2n) is 12.4. The first-order chi connectivity index (χ1) is 25.2. The molecule has 52 heavy (non-hydrogen) atoms. The highest BCUT2D eigenvalue weighted by atomic mass is 35.5. The van der Waals surface area contributed by atoms with Gasteiger partial charge in [0.1, 0.15) is 54.2 Å². The van der Waals surface area contributed by atoms with Gasteiger partial charge in [0, 0.05) is 61.3 Å². The fourth-order valence-electron chi connectivity index (χ4n) is 5.97. The number of rotatable bonds is 17. The molecule has 0 aliphatic carbocycles. The molecule has 4 aromatic rings. The number of nitrogens with one attached hydrogen (secondary N) is 1. The topological polar surface area (TPSA) is 181 Å². The van der Waals surface area contributed by atoms with Gasteiger partial charge in [0.2, 0.25) is 0 Å². The first kappa shape index (κ1) is 38.0. The van der Waals surface area contributed by atoms with E-state index in [9.17, 15) is 30.6 Å². The first-order valence-corrected chi connectivity index (χ1v) is 17.2. The van der Waals surface area contributed by atoms with Crippen LogP contribution in [0.15, 0.2) is 67.0 Å². The lowest BCUT2D eigenvalue weighted by Crippen LogP contribution is -2.39. The molecular formula is C39H40ClN5O7. The summed E-state index contributed by atoms with van der Waals surface area (Å²) in [5, 5.41) is 51.1. The van der Waals surface area contributed by atoms with E-state index in [2.05, 4.69) is 21.3 Å². The Balaban J connectivity index is 1.33. The summed E-state index contributed by atoms with van der Waals surface area (Å²) in [6.07, 6.45) is 4.33. The van der Waals surface area contributed by atoms with Crippen LogP contribution in [-0.2, 0) is 24.6 Å². The normalized spacial score (nSPS) is 14.7. The Morgan fingerprint density at radius 1 is 1.02 bits per heavy atom. The summed E-state index contributed by atoms with van der Waals surface area (Å²) in [7, 11) is 0. The number of aromatic nitrogens is 1. The average Bonchev–Trinajstić information content (AvgIpc) is 3.57. The molecule has 2 heterocycles. The molecule has 1 saturated heterocycles. The van der Waals surface area contributed by atoms with Gasteiger partial charge in [0.15, 0.2) is 0 Å². The molecule has 2 unspecified atom stereocenters. The highest BCUT2D eigenvalue weighted by Crippen LogP contribution is 2.36. The van der Waals surface area contributed by atoms with E-state index in [1.165, 1.54) is 6.20 Å². The summed E-state index contributed by atoms with van der Waals surface area (Å²) in [5.41, 5.74) is 5.36.